The Morgan fingerprint density at radius 2 is 1.82 bits per heavy atom. The van der Waals surface area contributed by atoms with E-state index in [9.17, 15) is 0 Å². The lowest BCUT2D eigenvalue weighted by Gasteiger charge is -2.13. The number of nitrogens with two attached hydrogens (primary N) is 1. The van der Waals surface area contributed by atoms with Gasteiger partial charge >= 0.3 is 0 Å². The zero-order valence-electron chi connectivity index (χ0n) is 8.38. The Bertz CT molecular complexity index is 556. The van der Waals surface area contributed by atoms with E-state index >= 15 is 0 Å². The molecule has 0 amide bonds. The van der Waals surface area contributed by atoms with Gasteiger partial charge < -0.3 is 5.73 Å². The molecule has 0 saturated carbocycles. The molecule has 2 N–H and O–H groups in total. The van der Waals surface area contributed by atoms with E-state index in [0.29, 0.717) is 10.0 Å². The second-order valence-corrected chi connectivity index (χ2v) is 8.02. The SMILES string of the molecule is NC(c1ccc(Cl)cc1Cl)c1cc(Br)sc1Br. The summed E-state index contributed by atoms with van der Waals surface area (Å²) in [5.74, 6) is 0. The summed E-state index contributed by atoms with van der Waals surface area (Å²) in [6, 6.07) is 7.07. The minimum absolute atomic E-state index is 0.267. The molecule has 2 aromatic rings. The lowest BCUT2D eigenvalue weighted by Crippen LogP contribution is -2.11. The highest BCUT2D eigenvalue weighted by molar-refractivity contribution is 9.12. The molecule has 0 fully saturated rings. The molecule has 6 heteroatoms. The fourth-order valence-electron chi connectivity index (χ4n) is 1.49. The van der Waals surface area contributed by atoms with Gasteiger partial charge in [0.15, 0.2) is 0 Å². The molecule has 0 bridgehead atoms. The quantitative estimate of drug-likeness (QED) is 0.676. The van der Waals surface area contributed by atoms with Crippen molar-refractivity contribution in [3.05, 3.63) is 53.0 Å². The minimum atomic E-state index is -0.267. The van der Waals surface area contributed by atoms with Crippen LogP contribution in [-0.4, -0.2) is 0 Å². The average Bonchev–Trinajstić information content (AvgIpc) is 2.57. The number of hydrogen-bond donors (Lipinski definition) is 1. The van der Waals surface area contributed by atoms with Crippen molar-refractivity contribution in [2.75, 3.05) is 0 Å². The number of halogens is 4. The van der Waals surface area contributed by atoms with Crippen molar-refractivity contribution in [1.29, 1.82) is 0 Å². The molecule has 1 aromatic heterocycles. The predicted octanol–water partition coefficient (Wildman–Crippen LogP) is 5.63. The van der Waals surface area contributed by atoms with Gasteiger partial charge in [-0.1, -0.05) is 29.3 Å². The normalized spacial score (nSPS) is 12.8. The molecule has 0 aliphatic rings. The van der Waals surface area contributed by atoms with Crippen LogP contribution in [0.25, 0.3) is 0 Å². The molecule has 0 saturated heterocycles. The Morgan fingerprint density at radius 1 is 1.12 bits per heavy atom. The third-order valence-corrected chi connectivity index (χ3v) is 5.26. The van der Waals surface area contributed by atoms with Gasteiger partial charge in [0.1, 0.15) is 0 Å². The molecule has 1 nitrogen and oxygen atoms in total. The van der Waals surface area contributed by atoms with E-state index in [4.69, 9.17) is 28.9 Å². The molecule has 0 aliphatic heterocycles. The van der Waals surface area contributed by atoms with Crippen LogP contribution >= 0.6 is 66.4 Å². The number of rotatable bonds is 2. The summed E-state index contributed by atoms with van der Waals surface area (Å²) in [5.41, 5.74) is 8.08. The van der Waals surface area contributed by atoms with Crippen molar-refractivity contribution in [1.82, 2.24) is 0 Å². The first-order valence-corrected chi connectivity index (χ1v) is 7.80. The Labute approximate surface area is 130 Å². The van der Waals surface area contributed by atoms with Crippen LogP contribution < -0.4 is 5.73 Å². The lowest BCUT2D eigenvalue weighted by atomic mass is 10.0. The number of hydrogen-bond acceptors (Lipinski definition) is 2. The Kier molecular flexibility index (Phi) is 4.55. The van der Waals surface area contributed by atoms with E-state index in [-0.39, 0.29) is 6.04 Å². The molecular weight excluding hydrogens is 409 g/mol. The molecular formula is C11H7Br2Cl2NS. The fraction of sp³-hybridized carbons (Fsp3) is 0.0909. The van der Waals surface area contributed by atoms with Gasteiger partial charge in [-0.05, 0) is 61.2 Å². The summed E-state index contributed by atoms with van der Waals surface area (Å²) in [4.78, 5) is 0. The van der Waals surface area contributed by atoms with Crippen molar-refractivity contribution in [3.63, 3.8) is 0 Å². The Morgan fingerprint density at radius 3 is 2.35 bits per heavy atom. The van der Waals surface area contributed by atoms with E-state index in [1.54, 1.807) is 23.5 Å². The van der Waals surface area contributed by atoms with E-state index in [1.165, 1.54) is 0 Å². The molecule has 1 atom stereocenters. The monoisotopic (exact) mass is 413 g/mol. The van der Waals surface area contributed by atoms with Gasteiger partial charge in [0.05, 0.1) is 13.6 Å². The van der Waals surface area contributed by atoms with Crippen LogP contribution in [0.2, 0.25) is 10.0 Å². The van der Waals surface area contributed by atoms with E-state index in [0.717, 1.165) is 18.7 Å². The van der Waals surface area contributed by atoms with E-state index in [2.05, 4.69) is 31.9 Å². The van der Waals surface area contributed by atoms with Crippen molar-refractivity contribution >= 4 is 66.4 Å². The molecule has 1 heterocycles. The maximum atomic E-state index is 6.21. The summed E-state index contributed by atoms with van der Waals surface area (Å²) in [5, 5.41) is 1.19. The molecule has 17 heavy (non-hydrogen) atoms. The van der Waals surface area contributed by atoms with Gasteiger partial charge in [-0.25, -0.2) is 0 Å². The fourth-order valence-corrected chi connectivity index (χ4v) is 4.94. The van der Waals surface area contributed by atoms with Crippen LogP contribution in [0, 0.1) is 0 Å². The number of thiophene rings is 1. The van der Waals surface area contributed by atoms with Gasteiger partial charge in [0.25, 0.3) is 0 Å². The number of benzene rings is 1. The average molecular weight is 416 g/mol. The topological polar surface area (TPSA) is 26.0 Å². The standard InChI is InChI=1S/C11H7Br2Cl2NS/c12-9-4-7(11(13)17-9)10(16)6-2-1-5(14)3-8(6)15/h1-4,10H,16H2. The first-order valence-electron chi connectivity index (χ1n) is 4.64. The summed E-state index contributed by atoms with van der Waals surface area (Å²) >= 11 is 20.5. The minimum Gasteiger partial charge on any atom is -0.320 e. The summed E-state index contributed by atoms with van der Waals surface area (Å²) < 4.78 is 2.03. The van der Waals surface area contributed by atoms with Crippen molar-refractivity contribution in [2.45, 2.75) is 6.04 Å². The van der Waals surface area contributed by atoms with E-state index in [1.807, 2.05) is 12.1 Å². The third kappa shape index (κ3) is 3.06. The van der Waals surface area contributed by atoms with Crippen LogP contribution in [0.5, 0.6) is 0 Å². The third-order valence-electron chi connectivity index (χ3n) is 2.32. The van der Waals surface area contributed by atoms with Gasteiger partial charge in [-0.15, -0.1) is 11.3 Å². The molecule has 1 aromatic carbocycles. The maximum absolute atomic E-state index is 6.21. The molecule has 0 aliphatic carbocycles. The molecule has 1 unspecified atom stereocenters. The van der Waals surface area contributed by atoms with Crippen molar-refractivity contribution in [2.24, 2.45) is 5.73 Å². The maximum Gasteiger partial charge on any atom is 0.0761 e. The summed E-state index contributed by atoms with van der Waals surface area (Å²) in [7, 11) is 0. The van der Waals surface area contributed by atoms with Gasteiger partial charge in [-0.2, -0.15) is 0 Å². The van der Waals surface area contributed by atoms with Gasteiger partial charge in [0, 0.05) is 10.0 Å². The highest BCUT2D eigenvalue weighted by Gasteiger charge is 2.17. The highest BCUT2D eigenvalue weighted by atomic mass is 79.9. The van der Waals surface area contributed by atoms with Crippen LogP contribution in [0.4, 0.5) is 0 Å². The smallest absolute Gasteiger partial charge is 0.0761 e. The first kappa shape index (κ1) is 13.8. The second-order valence-electron chi connectivity index (χ2n) is 3.42. The first-order chi connectivity index (χ1) is 7.99. The highest BCUT2D eigenvalue weighted by Crippen LogP contribution is 2.38. The van der Waals surface area contributed by atoms with Crippen molar-refractivity contribution in [3.8, 4) is 0 Å². The van der Waals surface area contributed by atoms with Crippen LogP contribution in [0.1, 0.15) is 17.2 Å². The molecule has 2 rings (SSSR count). The van der Waals surface area contributed by atoms with Crippen LogP contribution in [0.15, 0.2) is 31.8 Å². The second kappa shape index (κ2) is 5.59. The zero-order chi connectivity index (χ0) is 12.6. The Balaban J connectivity index is 2.43. The Hall–Kier alpha value is 0.420. The molecule has 90 valence electrons. The van der Waals surface area contributed by atoms with E-state index < -0.39 is 0 Å². The largest absolute Gasteiger partial charge is 0.320 e. The lowest BCUT2D eigenvalue weighted by molar-refractivity contribution is 0.872. The van der Waals surface area contributed by atoms with Gasteiger partial charge in [-0.3, -0.25) is 0 Å². The van der Waals surface area contributed by atoms with Crippen molar-refractivity contribution < 1.29 is 0 Å². The van der Waals surface area contributed by atoms with Crippen LogP contribution in [0.3, 0.4) is 0 Å². The predicted molar refractivity (Wildman–Crippen MR) is 82.2 cm³/mol. The van der Waals surface area contributed by atoms with Crippen LogP contribution in [-0.2, 0) is 0 Å². The van der Waals surface area contributed by atoms with Gasteiger partial charge in [0.2, 0.25) is 0 Å². The zero-order valence-corrected chi connectivity index (χ0v) is 13.9. The summed E-state index contributed by atoms with van der Waals surface area (Å²) in [6.45, 7) is 0. The summed E-state index contributed by atoms with van der Waals surface area (Å²) in [6.07, 6.45) is 0. The molecule has 0 spiro atoms. The molecule has 0 radical (unpaired) electrons.